The minimum atomic E-state index is -1.64. The molecule has 2 fully saturated rings. The van der Waals surface area contributed by atoms with E-state index in [9.17, 15) is 24.6 Å². The Kier molecular flexibility index (Phi) is 6.33. The number of benzene rings is 2. The lowest BCUT2D eigenvalue weighted by molar-refractivity contribution is -0.151. The predicted molar refractivity (Wildman–Crippen MR) is 123 cm³/mol. The minimum absolute atomic E-state index is 0.0140. The Morgan fingerprint density at radius 1 is 1.09 bits per heavy atom. The molecule has 2 aliphatic heterocycles. The first-order valence-corrected chi connectivity index (χ1v) is 11.2. The zero-order valence-corrected chi connectivity index (χ0v) is 18.5. The van der Waals surface area contributed by atoms with E-state index in [-0.39, 0.29) is 18.1 Å². The van der Waals surface area contributed by atoms with E-state index in [1.165, 1.54) is 17.0 Å². The van der Waals surface area contributed by atoms with E-state index in [1.54, 1.807) is 18.2 Å². The largest absolute Gasteiger partial charge is 0.508 e. The highest BCUT2D eigenvalue weighted by Gasteiger charge is 2.67. The molecule has 0 saturated carbocycles. The van der Waals surface area contributed by atoms with Gasteiger partial charge in [-0.15, -0.1) is 0 Å². The Balaban J connectivity index is 1.74. The molecule has 7 nitrogen and oxygen atoms in total. The smallest absolute Gasteiger partial charge is 0.325 e. The summed E-state index contributed by atoms with van der Waals surface area (Å²) in [4.78, 5) is 40.7. The third-order valence-corrected chi connectivity index (χ3v) is 6.62. The van der Waals surface area contributed by atoms with Gasteiger partial charge >= 0.3 is 5.97 Å². The number of phenols is 1. The van der Waals surface area contributed by atoms with Crippen LogP contribution in [-0.2, 0) is 20.8 Å². The summed E-state index contributed by atoms with van der Waals surface area (Å²) in [5.41, 5.74) is -0.0654. The number of rotatable bonds is 8. The fourth-order valence-corrected chi connectivity index (χ4v) is 4.96. The Morgan fingerprint density at radius 3 is 2.42 bits per heavy atom. The molecule has 2 amide bonds. The molecular weight excluding hydrogens is 420 g/mol. The van der Waals surface area contributed by atoms with Crippen LogP contribution in [0.1, 0.15) is 30.9 Å². The molecule has 2 saturated heterocycles. The molecule has 7 heteroatoms. The number of hydrogen-bond donors (Lipinski definition) is 3. The average Bonchev–Trinajstić information content (AvgIpc) is 3.27. The molecule has 2 heterocycles. The van der Waals surface area contributed by atoms with Gasteiger partial charge in [-0.05, 0) is 29.7 Å². The van der Waals surface area contributed by atoms with Crippen molar-refractivity contribution in [3.63, 3.8) is 0 Å². The van der Waals surface area contributed by atoms with Crippen LogP contribution < -0.4 is 5.32 Å². The van der Waals surface area contributed by atoms with Crippen molar-refractivity contribution in [2.45, 2.75) is 37.8 Å². The fraction of sp³-hybridized carbons (Fsp3) is 0.346. The normalized spacial score (nSPS) is 26.8. The molecule has 4 atom stereocenters. The van der Waals surface area contributed by atoms with Gasteiger partial charge < -0.3 is 10.2 Å². The SMILES string of the molecule is CCCCN1C(=O)C2C(C=Cc3ccccc3)NC(Cc3ccc(O)cc3)(C(=O)O)C2C1=O. The van der Waals surface area contributed by atoms with Crippen LogP contribution in [0.3, 0.4) is 0 Å². The van der Waals surface area contributed by atoms with Crippen molar-refractivity contribution < 1.29 is 24.6 Å². The second-order valence-corrected chi connectivity index (χ2v) is 8.74. The first kappa shape index (κ1) is 22.7. The summed E-state index contributed by atoms with van der Waals surface area (Å²) in [5.74, 6) is -3.65. The van der Waals surface area contributed by atoms with Gasteiger partial charge in [0.15, 0.2) is 0 Å². The van der Waals surface area contributed by atoms with E-state index >= 15 is 0 Å². The van der Waals surface area contributed by atoms with Crippen LogP contribution in [0.5, 0.6) is 5.75 Å². The maximum Gasteiger partial charge on any atom is 0.325 e. The van der Waals surface area contributed by atoms with Crippen LogP contribution >= 0.6 is 0 Å². The molecule has 4 unspecified atom stereocenters. The van der Waals surface area contributed by atoms with E-state index in [2.05, 4.69) is 5.32 Å². The molecule has 0 radical (unpaired) electrons. The molecule has 172 valence electrons. The van der Waals surface area contributed by atoms with E-state index in [0.29, 0.717) is 18.5 Å². The second-order valence-electron chi connectivity index (χ2n) is 8.74. The first-order valence-electron chi connectivity index (χ1n) is 11.2. The van der Waals surface area contributed by atoms with Crippen molar-refractivity contribution in [2.24, 2.45) is 11.8 Å². The summed E-state index contributed by atoms with van der Waals surface area (Å²) in [7, 11) is 0. The van der Waals surface area contributed by atoms with Crippen molar-refractivity contribution >= 4 is 23.9 Å². The van der Waals surface area contributed by atoms with E-state index in [0.717, 1.165) is 12.0 Å². The number of carboxylic acids is 1. The van der Waals surface area contributed by atoms with Crippen LogP contribution in [0.25, 0.3) is 6.08 Å². The van der Waals surface area contributed by atoms with E-state index in [1.807, 2.05) is 43.3 Å². The van der Waals surface area contributed by atoms with E-state index in [4.69, 9.17) is 0 Å². The maximum atomic E-state index is 13.4. The predicted octanol–water partition coefficient (Wildman–Crippen LogP) is 2.84. The van der Waals surface area contributed by atoms with Crippen molar-refractivity contribution in [2.75, 3.05) is 6.54 Å². The molecule has 0 aliphatic carbocycles. The van der Waals surface area contributed by atoms with Gasteiger partial charge in [-0.3, -0.25) is 24.6 Å². The second kappa shape index (κ2) is 9.19. The van der Waals surface area contributed by atoms with Crippen molar-refractivity contribution in [3.05, 3.63) is 71.8 Å². The van der Waals surface area contributed by atoms with Crippen LogP contribution in [-0.4, -0.2) is 51.0 Å². The molecule has 2 aliphatic rings. The number of imide groups is 1. The zero-order chi connectivity index (χ0) is 23.6. The fourth-order valence-electron chi connectivity index (χ4n) is 4.96. The summed E-state index contributed by atoms with van der Waals surface area (Å²) in [5, 5.41) is 23.1. The third-order valence-electron chi connectivity index (χ3n) is 6.62. The number of carbonyl (C=O) groups is 3. The van der Waals surface area contributed by atoms with Crippen molar-refractivity contribution in [1.82, 2.24) is 10.2 Å². The molecule has 0 bridgehead atoms. The van der Waals surface area contributed by atoms with Gasteiger partial charge in [0.05, 0.1) is 11.8 Å². The van der Waals surface area contributed by atoms with Gasteiger partial charge in [-0.2, -0.15) is 0 Å². The van der Waals surface area contributed by atoms with Crippen LogP contribution in [0.15, 0.2) is 60.7 Å². The molecule has 33 heavy (non-hydrogen) atoms. The highest BCUT2D eigenvalue weighted by Crippen LogP contribution is 2.45. The summed E-state index contributed by atoms with van der Waals surface area (Å²) in [6, 6.07) is 15.2. The monoisotopic (exact) mass is 448 g/mol. The highest BCUT2D eigenvalue weighted by atomic mass is 16.4. The number of hydrogen-bond acceptors (Lipinski definition) is 5. The Bertz CT molecular complexity index is 1070. The summed E-state index contributed by atoms with van der Waals surface area (Å²) in [6.07, 6.45) is 5.15. The quantitative estimate of drug-likeness (QED) is 0.536. The van der Waals surface area contributed by atoms with Gasteiger partial charge in [0.25, 0.3) is 0 Å². The lowest BCUT2D eigenvalue weighted by Gasteiger charge is -2.31. The van der Waals surface area contributed by atoms with Crippen LogP contribution in [0.4, 0.5) is 0 Å². The van der Waals surface area contributed by atoms with Gasteiger partial charge in [0, 0.05) is 19.0 Å². The number of aliphatic carboxylic acids is 1. The number of unbranched alkanes of at least 4 members (excludes halogenated alkanes) is 1. The molecule has 2 aromatic carbocycles. The summed E-state index contributed by atoms with van der Waals surface area (Å²) in [6.45, 7) is 2.27. The maximum absolute atomic E-state index is 13.4. The Hall–Kier alpha value is -3.45. The number of phenolic OH excluding ortho intramolecular Hbond substituents is 1. The lowest BCUT2D eigenvalue weighted by Crippen LogP contribution is -2.58. The van der Waals surface area contributed by atoms with Crippen LogP contribution in [0.2, 0.25) is 0 Å². The van der Waals surface area contributed by atoms with E-state index < -0.39 is 35.3 Å². The summed E-state index contributed by atoms with van der Waals surface area (Å²) < 4.78 is 0. The van der Waals surface area contributed by atoms with Crippen LogP contribution in [0, 0.1) is 11.8 Å². The highest BCUT2D eigenvalue weighted by molar-refractivity contribution is 6.09. The molecule has 0 aromatic heterocycles. The third kappa shape index (κ3) is 4.16. The topological polar surface area (TPSA) is 107 Å². The molecular formula is C26H28N2O5. The van der Waals surface area contributed by atoms with Crippen molar-refractivity contribution in [3.8, 4) is 5.75 Å². The first-order chi connectivity index (χ1) is 15.9. The van der Waals surface area contributed by atoms with Gasteiger partial charge in [-0.1, -0.05) is 68.0 Å². The average molecular weight is 449 g/mol. The standard InChI is InChI=1S/C26H28N2O5/c1-2-3-15-28-23(30)21-20(14-11-17-7-5-4-6-8-17)27-26(25(32)33,22(21)24(28)31)16-18-9-12-19(29)13-10-18/h4-14,20-22,27,29H,2-3,15-16H2,1H3,(H,32,33). The number of fused-ring (bicyclic) bond motifs is 1. The minimum Gasteiger partial charge on any atom is -0.508 e. The molecule has 0 spiro atoms. The number of nitrogens with zero attached hydrogens (tertiary/aromatic N) is 1. The number of carbonyl (C=O) groups excluding carboxylic acids is 2. The number of nitrogens with one attached hydrogen (secondary N) is 1. The lowest BCUT2D eigenvalue weighted by atomic mass is 9.76. The molecule has 2 aromatic rings. The van der Waals surface area contributed by atoms with Gasteiger partial charge in [0.2, 0.25) is 11.8 Å². The molecule has 3 N–H and O–H groups in total. The number of likely N-dealkylation sites (tertiary alicyclic amines) is 1. The number of carboxylic acid groups (broad SMARTS) is 1. The summed E-state index contributed by atoms with van der Waals surface area (Å²) >= 11 is 0. The Labute approximate surface area is 192 Å². The van der Waals surface area contributed by atoms with Crippen molar-refractivity contribution in [1.29, 1.82) is 0 Å². The van der Waals surface area contributed by atoms with Gasteiger partial charge in [0.1, 0.15) is 11.3 Å². The Morgan fingerprint density at radius 2 is 1.79 bits per heavy atom. The number of amides is 2. The number of aromatic hydroxyl groups is 1. The van der Waals surface area contributed by atoms with Gasteiger partial charge in [-0.25, -0.2) is 0 Å². The molecule has 4 rings (SSSR count). The zero-order valence-electron chi connectivity index (χ0n) is 18.5.